The largest absolute Gasteiger partial charge is 0.394 e. The average molecular weight is 171 g/mol. The van der Waals surface area contributed by atoms with Gasteiger partial charge in [0.2, 0.25) is 0 Å². The Hall–Kier alpha value is -0.0800. The molecule has 1 saturated heterocycles. The summed E-state index contributed by atoms with van der Waals surface area (Å²) in [7, 11) is 0. The molecule has 1 aliphatic rings. The van der Waals surface area contributed by atoms with Crippen LogP contribution in [0.25, 0.3) is 0 Å². The van der Waals surface area contributed by atoms with E-state index in [1.807, 2.05) is 0 Å². The normalized spacial score (nSPS) is 32.2. The maximum atomic E-state index is 9.30. The van der Waals surface area contributed by atoms with Crippen LogP contribution in [0, 0.1) is 5.92 Å². The number of rotatable bonds is 4. The molecule has 0 aromatic rings. The van der Waals surface area contributed by atoms with Crippen molar-refractivity contribution in [3.8, 4) is 0 Å². The van der Waals surface area contributed by atoms with Crippen LogP contribution in [0.4, 0.5) is 0 Å². The Morgan fingerprint density at radius 2 is 2.33 bits per heavy atom. The first kappa shape index (κ1) is 10.0. The molecule has 0 aromatic carbocycles. The van der Waals surface area contributed by atoms with Crippen molar-refractivity contribution in [3.05, 3.63) is 0 Å². The highest BCUT2D eigenvalue weighted by atomic mass is 16.3. The van der Waals surface area contributed by atoms with Gasteiger partial charge in [0.1, 0.15) is 0 Å². The molecule has 2 nitrogen and oxygen atoms in total. The van der Waals surface area contributed by atoms with Gasteiger partial charge in [-0.1, -0.05) is 20.3 Å². The Bertz CT molecular complexity index is 130. The van der Waals surface area contributed by atoms with E-state index in [0.717, 1.165) is 25.3 Å². The van der Waals surface area contributed by atoms with Crippen molar-refractivity contribution in [3.63, 3.8) is 0 Å². The smallest absolute Gasteiger partial charge is 0.0613 e. The van der Waals surface area contributed by atoms with E-state index in [4.69, 9.17) is 0 Å². The molecule has 2 unspecified atom stereocenters. The van der Waals surface area contributed by atoms with Crippen LogP contribution in [0.2, 0.25) is 0 Å². The van der Waals surface area contributed by atoms with E-state index >= 15 is 0 Å². The van der Waals surface area contributed by atoms with Crippen LogP contribution in [0.1, 0.15) is 39.5 Å². The fourth-order valence-corrected chi connectivity index (χ4v) is 2.05. The van der Waals surface area contributed by atoms with Gasteiger partial charge in [0.25, 0.3) is 0 Å². The van der Waals surface area contributed by atoms with Crippen LogP contribution in [0.5, 0.6) is 0 Å². The first-order valence-corrected chi connectivity index (χ1v) is 5.08. The Kier molecular flexibility index (Phi) is 3.53. The highest BCUT2D eigenvalue weighted by molar-refractivity contribution is 4.93. The standard InChI is InChI=1S/C10H21NO/c1-3-9(2)7-10(8-12)5-4-6-11-10/h9,11-12H,3-8H2,1-2H3. The zero-order valence-electron chi connectivity index (χ0n) is 8.27. The van der Waals surface area contributed by atoms with Gasteiger partial charge in [0.05, 0.1) is 6.61 Å². The fraction of sp³-hybridized carbons (Fsp3) is 1.00. The number of hydrogen-bond acceptors (Lipinski definition) is 2. The zero-order valence-corrected chi connectivity index (χ0v) is 8.27. The van der Waals surface area contributed by atoms with E-state index in [9.17, 15) is 5.11 Å². The van der Waals surface area contributed by atoms with E-state index < -0.39 is 0 Å². The molecule has 0 spiro atoms. The van der Waals surface area contributed by atoms with E-state index in [0.29, 0.717) is 6.61 Å². The molecule has 1 fully saturated rings. The fourth-order valence-electron chi connectivity index (χ4n) is 2.05. The Morgan fingerprint density at radius 1 is 1.58 bits per heavy atom. The van der Waals surface area contributed by atoms with Crippen LogP contribution >= 0.6 is 0 Å². The molecular weight excluding hydrogens is 150 g/mol. The summed E-state index contributed by atoms with van der Waals surface area (Å²) in [4.78, 5) is 0. The molecule has 2 N–H and O–H groups in total. The van der Waals surface area contributed by atoms with Crippen molar-refractivity contribution in [1.29, 1.82) is 0 Å². The summed E-state index contributed by atoms with van der Waals surface area (Å²) in [6.45, 7) is 5.86. The van der Waals surface area contributed by atoms with Crippen molar-refractivity contribution >= 4 is 0 Å². The first-order valence-electron chi connectivity index (χ1n) is 5.08. The predicted octanol–water partition coefficient (Wildman–Crippen LogP) is 1.54. The zero-order chi connectivity index (χ0) is 9.03. The van der Waals surface area contributed by atoms with Crippen molar-refractivity contribution in [1.82, 2.24) is 5.32 Å². The summed E-state index contributed by atoms with van der Waals surface area (Å²) in [6, 6.07) is 0. The molecule has 72 valence electrons. The molecule has 0 bridgehead atoms. The summed E-state index contributed by atoms with van der Waals surface area (Å²) in [5.74, 6) is 0.725. The van der Waals surface area contributed by atoms with Gasteiger partial charge in [-0.3, -0.25) is 0 Å². The molecule has 1 aliphatic heterocycles. The van der Waals surface area contributed by atoms with Crippen LogP contribution < -0.4 is 5.32 Å². The topological polar surface area (TPSA) is 32.3 Å². The number of hydrogen-bond donors (Lipinski definition) is 2. The molecule has 1 rings (SSSR count). The van der Waals surface area contributed by atoms with Crippen molar-refractivity contribution < 1.29 is 5.11 Å². The molecule has 0 aromatic heterocycles. The lowest BCUT2D eigenvalue weighted by Gasteiger charge is -2.29. The summed E-state index contributed by atoms with van der Waals surface area (Å²) in [6.07, 6.45) is 4.70. The second kappa shape index (κ2) is 4.24. The lowest BCUT2D eigenvalue weighted by Crippen LogP contribution is -2.44. The summed E-state index contributed by atoms with van der Waals surface area (Å²) >= 11 is 0. The highest BCUT2D eigenvalue weighted by Gasteiger charge is 2.33. The number of nitrogens with one attached hydrogen (secondary N) is 1. The molecule has 12 heavy (non-hydrogen) atoms. The lowest BCUT2D eigenvalue weighted by molar-refractivity contribution is 0.152. The quantitative estimate of drug-likeness (QED) is 0.672. The predicted molar refractivity (Wildman–Crippen MR) is 51.1 cm³/mol. The van der Waals surface area contributed by atoms with Crippen molar-refractivity contribution in [2.45, 2.75) is 45.1 Å². The minimum atomic E-state index is 0.0649. The van der Waals surface area contributed by atoms with E-state index in [-0.39, 0.29) is 5.54 Å². The van der Waals surface area contributed by atoms with Crippen LogP contribution in [-0.2, 0) is 0 Å². The Labute approximate surface area is 75.4 Å². The number of aliphatic hydroxyl groups excluding tert-OH is 1. The third kappa shape index (κ3) is 2.20. The minimum Gasteiger partial charge on any atom is -0.394 e. The first-order chi connectivity index (χ1) is 5.72. The van der Waals surface area contributed by atoms with Gasteiger partial charge >= 0.3 is 0 Å². The summed E-state index contributed by atoms with van der Waals surface area (Å²) in [5.41, 5.74) is 0.0649. The monoisotopic (exact) mass is 171 g/mol. The summed E-state index contributed by atoms with van der Waals surface area (Å²) < 4.78 is 0. The van der Waals surface area contributed by atoms with Crippen LogP contribution in [0.3, 0.4) is 0 Å². The van der Waals surface area contributed by atoms with Gasteiger partial charge in [0, 0.05) is 5.54 Å². The van der Waals surface area contributed by atoms with Crippen molar-refractivity contribution in [2.24, 2.45) is 5.92 Å². The average Bonchev–Trinajstić information content (AvgIpc) is 2.54. The van der Waals surface area contributed by atoms with Gasteiger partial charge in [-0.15, -0.1) is 0 Å². The van der Waals surface area contributed by atoms with Crippen LogP contribution in [0.15, 0.2) is 0 Å². The van der Waals surface area contributed by atoms with E-state index in [1.54, 1.807) is 0 Å². The summed E-state index contributed by atoms with van der Waals surface area (Å²) in [5, 5.41) is 12.7. The lowest BCUT2D eigenvalue weighted by atomic mass is 9.86. The van der Waals surface area contributed by atoms with Gasteiger partial charge in [-0.2, -0.15) is 0 Å². The molecular formula is C10H21NO. The van der Waals surface area contributed by atoms with E-state index in [2.05, 4.69) is 19.2 Å². The van der Waals surface area contributed by atoms with Gasteiger partial charge < -0.3 is 10.4 Å². The maximum Gasteiger partial charge on any atom is 0.0613 e. The van der Waals surface area contributed by atoms with Crippen LogP contribution in [-0.4, -0.2) is 23.8 Å². The Morgan fingerprint density at radius 3 is 2.75 bits per heavy atom. The molecule has 0 saturated carbocycles. The SMILES string of the molecule is CCC(C)CC1(CO)CCCN1. The molecule has 2 heteroatoms. The Balaban J connectivity index is 2.43. The molecule has 0 radical (unpaired) electrons. The molecule has 1 heterocycles. The highest BCUT2D eigenvalue weighted by Crippen LogP contribution is 2.27. The van der Waals surface area contributed by atoms with Crippen molar-refractivity contribution in [2.75, 3.05) is 13.2 Å². The second-order valence-corrected chi connectivity index (χ2v) is 4.19. The number of aliphatic hydroxyl groups is 1. The molecule has 0 amide bonds. The van der Waals surface area contributed by atoms with E-state index in [1.165, 1.54) is 12.8 Å². The van der Waals surface area contributed by atoms with Gasteiger partial charge in [-0.05, 0) is 31.7 Å². The van der Waals surface area contributed by atoms with Gasteiger partial charge in [-0.25, -0.2) is 0 Å². The minimum absolute atomic E-state index is 0.0649. The second-order valence-electron chi connectivity index (χ2n) is 4.19. The molecule has 0 aliphatic carbocycles. The van der Waals surface area contributed by atoms with Gasteiger partial charge in [0.15, 0.2) is 0 Å². The third-order valence-corrected chi connectivity index (χ3v) is 3.07. The third-order valence-electron chi connectivity index (χ3n) is 3.07. The molecule has 2 atom stereocenters. The maximum absolute atomic E-state index is 9.30.